The summed E-state index contributed by atoms with van der Waals surface area (Å²) in [6.07, 6.45) is 1.13. The lowest BCUT2D eigenvalue weighted by Gasteiger charge is -2.37. The number of benzene rings is 1. The SMILES string of the molecule is CC1(C(=O)O)CCCN(C(=O)CCC(=O)N2CC(=O)Nc3ccccc32)C1. The average molecular weight is 373 g/mol. The Balaban J connectivity index is 1.62. The molecule has 0 saturated carbocycles. The number of rotatable bonds is 4. The quantitative estimate of drug-likeness (QED) is 0.831. The highest BCUT2D eigenvalue weighted by atomic mass is 16.4. The van der Waals surface area contributed by atoms with Crippen LogP contribution in [-0.2, 0) is 19.2 Å². The Kier molecular flexibility index (Phi) is 5.16. The first-order valence-corrected chi connectivity index (χ1v) is 9.00. The lowest BCUT2D eigenvalue weighted by Crippen LogP contribution is -2.48. The molecule has 1 fully saturated rings. The Hall–Kier alpha value is -2.90. The zero-order valence-corrected chi connectivity index (χ0v) is 15.2. The van der Waals surface area contributed by atoms with E-state index in [2.05, 4.69) is 5.32 Å². The molecule has 0 aromatic heterocycles. The normalized spacial score (nSPS) is 22.0. The molecule has 1 atom stereocenters. The molecule has 0 bridgehead atoms. The summed E-state index contributed by atoms with van der Waals surface area (Å²) in [6.45, 7) is 2.23. The smallest absolute Gasteiger partial charge is 0.311 e. The van der Waals surface area contributed by atoms with Crippen LogP contribution in [0.3, 0.4) is 0 Å². The van der Waals surface area contributed by atoms with Crippen LogP contribution in [0.2, 0.25) is 0 Å². The fourth-order valence-corrected chi connectivity index (χ4v) is 3.59. The van der Waals surface area contributed by atoms with Crippen molar-refractivity contribution in [3.05, 3.63) is 24.3 Å². The lowest BCUT2D eigenvalue weighted by molar-refractivity contribution is -0.153. The summed E-state index contributed by atoms with van der Waals surface area (Å²) in [7, 11) is 0. The number of hydrogen-bond acceptors (Lipinski definition) is 4. The third kappa shape index (κ3) is 3.94. The number of nitrogens with zero attached hydrogens (tertiary/aromatic N) is 2. The number of carboxylic acid groups (broad SMARTS) is 1. The number of amides is 3. The van der Waals surface area contributed by atoms with Gasteiger partial charge in [0.1, 0.15) is 6.54 Å². The number of likely N-dealkylation sites (tertiary alicyclic amines) is 1. The molecule has 1 aromatic carbocycles. The minimum Gasteiger partial charge on any atom is -0.481 e. The van der Waals surface area contributed by atoms with Gasteiger partial charge in [0, 0.05) is 25.9 Å². The summed E-state index contributed by atoms with van der Waals surface area (Å²) < 4.78 is 0. The number of piperidine rings is 1. The maximum absolute atomic E-state index is 12.6. The van der Waals surface area contributed by atoms with Crippen molar-refractivity contribution in [1.29, 1.82) is 0 Å². The number of carbonyl (C=O) groups is 4. The highest BCUT2D eigenvalue weighted by molar-refractivity contribution is 6.10. The fraction of sp³-hybridized carbons (Fsp3) is 0.474. The summed E-state index contributed by atoms with van der Waals surface area (Å²) in [6, 6.07) is 7.02. The molecule has 144 valence electrons. The molecule has 3 amide bonds. The van der Waals surface area contributed by atoms with Crippen molar-refractivity contribution in [3.63, 3.8) is 0 Å². The van der Waals surface area contributed by atoms with Crippen molar-refractivity contribution < 1.29 is 24.3 Å². The Morgan fingerprint density at radius 2 is 1.89 bits per heavy atom. The van der Waals surface area contributed by atoms with Crippen LogP contribution in [-0.4, -0.2) is 53.3 Å². The monoisotopic (exact) mass is 373 g/mol. The van der Waals surface area contributed by atoms with Gasteiger partial charge < -0.3 is 20.2 Å². The molecule has 1 aromatic rings. The van der Waals surface area contributed by atoms with E-state index in [1.54, 1.807) is 31.2 Å². The summed E-state index contributed by atoms with van der Waals surface area (Å²) in [5.74, 6) is -1.72. The summed E-state index contributed by atoms with van der Waals surface area (Å²) in [4.78, 5) is 51.3. The molecule has 2 N–H and O–H groups in total. The molecule has 2 aliphatic rings. The van der Waals surface area contributed by atoms with E-state index in [1.807, 2.05) is 0 Å². The predicted octanol–water partition coefficient (Wildman–Crippen LogP) is 1.47. The highest BCUT2D eigenvalue weighted by Crippen LogP contribution is 2.31. The largest absolute Gasteiger partial charge is 0.481 e. The molecule has 2 heterocycles. The Bertz CT molecular complexity index is 793. The number of anilines is 2. The first-order chi connectivity index (χ1) is 12.8. The number of para-hydroxylation sites is 2. The molecule has 0 radical (unpaired) electrons. The number of carbonyl (C=O) groups excluding carboxylic acids is 3. The third-order valence-electron chi connectivity index (χ3n) is 5.19. The number of carboxylic acids is 1. The van der Waals surface area contributed by atoms with Gasteiger partial charge in [-0.3, -0.25) is 19.2 Å². The second kappa shape index (κ2) is 7.38. The van der Waals surface area contributed by atoms with Gasteiger partial charge in [-0.1, -0.05) is 12.1 Å². The van der Waals surface area contributed by atoms with Crippen LogP contribution in [0.15, 0.2) is 24.3 Å². The molecule has 8 nitrogen and oxygen atoms in total. The van der Waals surface area contributed by atoms with Crippen molar-refractivity contribution in [3.8, 4) is 0 Å². The van der Waals surface area contributed by atoms with E-state index in [9.17, 15) is 24.3 Å². The molecule has 8 heteroatoms. The van der Waals surface area contributed by atoms with Gasteiger partial charge in [-0.25, -0.2) is 0 Å². The van der Waals surface area contributed by atoms with E-state index in [-0.39, 0.29) is 43.7 Å². The second-order valence-corrected chi connectivity index (χ2v) is 7.33. The van der Waals surface area contributed by atoms with Crippen LogP contribution >= 0.6 is 0 Å². The van der Waals surface area contributed by atoms with Crippen molar-refractivity contribution in [2.24, 2.45) is 5.41 Å². The van der Waals surface area contributed by atoms with Crippen LogP contribution < -0.4 is 10.2 Å². The average Bonchev–Trinajstić information content (AvgIpc) is 2.65. The zero-order valence-electron chi connectivity index (χ0n) is 15.2. The molecular weight excluding hydrogens is 350 g/mol. The molecule has 2 aliphatic heterocycles. The first-order valence-electron chi connectivity index (χ1n) is 9.00. The van der Waals surface area contributed by atoms with Crippen molar-refractivity contribution in [2.45, 2.75) is 32.6 Å². The second-order valence-electron chi connectivity index (χ2n) is 7.33. The van der Waals surface area contributed by atoms with Gasteiger partial charge in [0.05, 0.1) is 16.8 Å². The van der Waals surface area contributed by atoms with E-state index in [0.29, 0.717) is 30.8 Å². The van der Waals surface area contributed by atoms with Gasteiger partial charge in [-0.05, 0) is 31.9 Å². The van der Waals surface area contributed by atoms with Crippen LogP contribution in [0, 0.1) is 5.41 Å². The zero-order chi connectivity index (χ0) is 19.6. The van der Waals surface area contributed by atoms with E-state index in [4.69, 9.17) is 0 Å². The van der Waals surface area contributed by atoms with Gasteiger partial charge >= 0.3 is 5.97 Å². The standard InChI is InChI=1S/C19H23N3O5/c1-19(18(26)27)9-4-10-21(12-19)16(24)7-8-17(25)22-11-15(23)20-13-5-2-3-6-14(13)22/h2-3,5-6H,4,7-12H2,1H3,(H,20,23)(H,26,27). The number of nitrogens with one attached hydrogen (secondary N) is 1. The van der Waals surface area contributed by atoms with Crippen molar-refractivity contribution >= 4 is 35.1 Å². The van der Waals surface area contributed by atoms with E-state index >= 15 is 0 Å². The van der Waals surface area contributed by atoms with Crippen molar-refractivity contribution in [2.75, 3.05) is 29.9 Å². The van der Waals surface area contributed by atoms with Gasteiger partial charge in [0.25, 0.3) is 0 Å². The Morgan fingerprint density at radius 3 is 2.63 bits per heavy atom. The summed E-state index contributed by atoms with van der Waals surface area (Å²) >= 11 is 0. The maximum Gasteiger partial charge on any atom is 0.311 e. The summed E-state index contributed by atoms with van der Waals surface area (Å²) in [5.41, 5.74) is 0.245. The molecule has 1 saturated heterocycles. The van der Waals surface area contributed by atoms with Gasteiger partial charge in [-0.2, -0.15) is 0 Å². The Morgan fingerprint density at radius 1 is 1.19 bits per heavy atom. The van der Waals surface area contributed by atoms with Crippen LogP contribution in [0.25, 0.3) is 0 Å². The predicted molar refractivity (Wildman–Crippen MR) is 98.2 cm³/mol. The van der Waals surface area contributed by atoms with Crippen LogP contribution in [0.4, 0.5) is 11.4 Å². The van der Waals surface area contributed by atoms with Crippen LogP contribution in [0.1, 0.15) is 32.6 Å². The minimum atomic E-state index is -0.943. The van der Waals surface area contributed by atoms with Gasteiger partial charge in [0.2, 0.25) is 17.7 Å². The molecule has 0 aliphatic carbocycles. The highest BCUT2D eigenvalue weighted by Gasteiger charge is 2.39. The van der Waals surface area contributed by atoms with Crippen molar-refractivity contribution in [1.82, 2.24) is 4.90 Å². The molecule has 27 heavy (non-hydrogen) atoms. The maximum atomic E-state index is 12.6. The number of fused-ring (bicyclic) bond motifs is 1. The molecule has 1 unspecified atom stereocenters. The van der Waals surface area contributed by atoms with Gasteiger partial charge in [0.15, 0.2) is 0 Å². The summed E-state index contributed by atoms with van der Waals surface area (Å²) in [5, 5.41) is 12.1. The number of hydrogen-bond donors (Lipinski definition) is 2. The topological polar surface area (TPSA) is 107 Å². The molecule has 0 spiro atoms. The Labute approximate surface area is 157 Å². The van der Waals surface area contributed by atoms with E-state index < -0.39 is 11.4 Å². The fourth-order valence-electron chi connectivity index (χ4n) is 3.59. The lowest BCUT2D eigenvalue weighted by atomic mass is 9.82. The van der Waals surface area contributed by atoms with E-state index in [0.717, 1.165) is 0 Å². The van der Waals surface area contributed by atoms with E-state index in [1.165, 1.54) is 9.80 Å². The van der Waals surface area contributed by atoms with Gasteiger partial charge in [-0.15, -0.1) is 0 Å². The molecule has 3 rings (SSSR count). The third-order valence-corrected chi connectivity index (χ3v) is 5.19. The molecular formula is C19H23N3O5. The minimum absolute atomic E-state index is 0.00514. The number of aliphatic carboxylic acids is 1. The first kappa shape index (κ1) is 18.9. The van der Waals surface area contributed by atoms with Crippen LogP contribution in [0.5, 0.6) is 0 Å².